The summed E-state index contributed by atoms with van der Waals surface area (Å²) < 4.78 is 1.64. The highest BCUT2D eigenvalue weighted by atomic mass is 16.2. The topological polar surface area (TPSA) is 75.9 Å². The molecular formula is C15H26N6O. The van der Waals surface area contributed by atoms with E-state index in [0.29, 0.717) is 18.4 Å². The van der Waals surface area contributed by atoms with Crippen molar-refractivity contribution in [1.29, 1.82) is 0 Å². The van der Waals surface area contributed by atoms with Crippen LogP contribution >= 0.6 is 0 Å². The minimum absolute atomic E-state index is 0.0603. The molecule has 2 aliphatic rings. The van der Waals surface area contributed by atoms with Gasteiger partial charge in [-0.25, -0.2) is 9.48 Å². The smallest absolute Gasteiger partial charge is 0.317 e. The van der Waals surface area contributed by atoms with Crippen molar-refractivity contribution in [1.82, 2.24) is 30.4 Å². The molecule has 7 nitrogen and oxygen atoms in total. The van der Waals surface area contributed by atoms with E-state index in [0.717, 1.165) is 25.3 Å². The Balaban J connectivity index is 1.45. The van der Waals surface area contributed by atoms with Gasteiger partial charge in [0.15, 0.2) is 5.82 Å². The van der Waals surface area contributed by atoms with Crippen LogP contribution in [0.5, 0.6) is 0 Å². The molecule has 0 bridgehead atoms. The van der Waals surface area contributed by atoms with Gasteiger partial charge in [0.1, 0.15) is 0 Å². The molecule has 3 rings (SSSR count). The maximum Gasteiger partial charge on any atom is 0.317 e. The van der Waals surface area contributed by atoms with E-state index in [1.54, 1.807) is 4.68 Å². The number of carbonyl (C=O) groups excluding carboxylic acids is 1. The van der Waals surface area contributed by atoms with Crippen LogP contribution in [0, 0.1) is 5.41 Å². The minimum atomic E-state index is 0.0603. The Labute approximate surface area is 131 Å². The zero-order chi connectivity index (χ0) is 15.4. The lowest BCUT2D eigenvalue weighted by Crippen LogP contribution is -2.41. The third kappa shape index (κ3) is 3.39. The van der Waals surface area contributed by atoms with Crippen LogP contribution in [0.2, 0.25) is 0 Å². The second kappa shape index (κ2) is 6.62. The monoisotopic (exact) mass is 306 g/mol. The lowest BCUT2D eigenvalue weighted by molar-refractivity contribution is 0.194. The zero-order valence-corrected chi connectivity index (χ0v) is 13.4. The second-order valence-corrected chi connectivity index (χ2v) is 6.75. The summed E-state index contributed by atoms with van der Waals surface area (Å²) in [5, 5.41) is 14.3. The van der Waals surface area contributed by atoms with Gasteiger partial charge in [-0.15, -0.1) is 5.10 Å². The third-order valence-electron chi connectivity index (χ3n) is 5.33. The summed E-state index contributed by atoms with van der Waals surface area (Å²) in [5.74, 6) is 0.793. The largest absolute Gasteiger partial charge is 0.338 e. The minimum Gasteiger partial charge on any atom is -0.338 e. The van der Waals surface area contributed by atoms with Gasteiger partial charge in [0.25, 0.3) is 0 Å². The van der Waals surface area contributed by atoms with Gasteiger partial charge in [0, 0.05) is 33.1 Å². The molecule has 122 valence electrons. The zero-order valence-electron chi connectivity index (χ0n) is 13.4. The predicted octanol–water partition coefficient (Wildman–Crippen LogP) is 1.51. The van der Waals surface area contributed by atoms with Crippen molar-refractivity contribution in [2.24, 2.45) is 12.5 Å². The molecule has 2 heterocycles. The van der Waals surface area contributed by atoms with E-state index in [-0.39, 0.29) is 6.03 Å². The number of likely N-dealkylation sites (tertiary alicyclic amines) is 1. The Morgan fingerprint density at radius 1 is 1.18 bits per heavy atom. The Morgan fingerprint density at radius 3 is 2.68 bits per heavy atom. The molecule has 0 aromatic carbocycles. The first kappa shape index (κ1) is 15.2. The van der Waals surface area contributed by atoms with E-state index in [1.165, 1.54) is 38.5 Å². The first-order valence-corrected chi connectivity index (χ1v) is 8.43. The Morgan fingerprint density at radius 2 is 1.95 bits per heavy atom. The molecule has 1 saturated carbocycles. The number of aryl methyl sites for hydroxylation is 1. The van der Waals surface area contributed by atoms with E-state index in [2.05, 4.69) is 20.8 Å². The average Bonchev–Trinajstić information content (AvgIpc) is 3.06. The van der Waals surface area contributed by atoms with Crippen LogP contribution in [0.15, 0.2) is 0 Å². The SMILES string of the molecule is Cn1nnnc1CCNC(=O)N1CCCC2(CCCC2)CC1. The van der Waals surface area contributed by atoms with Crippen molar-refractivity contribution in [3.05, 3.63) is 5.82 Å². The highest BCUT2D eigenvalue weighted by molar-refractivity contribution is 5.74. The molecule has 0 atom stereocenters. The number of carbonyl (C=O) groups is 1. The van der Waals surface area contributed by atoms with E-state index < -0.39 is 0 Å². The fourth-order valence-electron chi connectivity index (χ4n) is 3.93. The fourth-order valence-corrected chi connectivity index (χ4v) is 3.93. The van der Waals surface area contributed by atoms with Gasteiger partial charge >= 0.3 is 6.03 Å². The van der Waals surface area contributed by atoms with Crippen LogP contribution in [0.25, 0.3) is 0 Å². The average molecular weight is 306 g/mol. The van der Waals surface area contributed by atoms with Crippen LogP contribution in [0.1, 0.15) is 50.8 Å². The molecule has 1 aliphatic carbocycles. The summed E-state index contributed by atoms with van der Waals surface area (Å²) in [6.07, 6.45) is 9.74. The summed E-state index contributed by atoms with van der Waals surface area (Å²) in [4.78, 5) is 14.3. The van der Waals surface area contributed by atoms with Crippen LogP contribution < -0.4 is 5.32 Å². The molecule has 1 aromatic rings. The Hall–Kier alpha value is -1.66. The number of hydrogen-bond acceptors (Lipinski definition) is 4. The van der Waals surface area contributed by atoms with E-state index in [4.69, 9.17) is 0 Å². The molecule has 1 spiro atoms. The summed E-state index contributed by atoms with van der Waals surface area (Å²) in [5.41, 5.74) is 0.541. The molecule has 2 amide bonds. The highest BCUT2D eigenvalue weighted by Gasteiger charge is 2.35. The summed E-state index contributed by atoms with van der Waals surface area (Å²) in [6, 6.07) is 0.0603. The van der Waals surface area contributed by atoms with Crippen LogP contribution in [0.4, 0.5) is 4.79 Å². The molecule has 2 fully saturated rings. The maximum atomic E-state index is 12.3. The van der Waals surface area contributed by atoms with Crippen LogP contribution in [-0.2, 0) is 13.5 Å². The predicted molar refractivity (Wildman–Crippen MR) is 82.2 cm³/mol. The normalized spacial score (nSPS) is 21.0. The van der Waals surface area contributed by atoms with E-state index in [1.807, 2.05) is 11.9 Å². The fraction of sp³-hybridized carbons (Fsp3) is 0.867. The molecule has 0 radical (unpaired) electrons. The number of tetrazole rings is 1. The molecule has 7 heteroatoms. The Bertz CT molecular complexity index is 508. The molecule has 1 aliphatic heterocycles. The molecular weight excluding hydrogens is 280 g/mol. The third-order valence-corrected chi connectivity index (χ3v) is 5.33. The number of nitrogens with one attached hydrogen (secondary N) is 1. The molecule has 1 saturated heterocycles. The number of aromatic nitrogens is 4. The van der Waals surface area contributed by atoms with Crippen molar-refractivity contribution in [2.75, 3.05) is 19.6 Å². The number of urea groups is 1. The summed E-state index contributed by atoms with van der Waals surface area (Å²) >= 11 is 0. The number of rotatable bonds is 3. The van der Waals surface area contributed by atoms with Gasteiger partial charge in [-0.05, 0) is 47.9 Å². The number of amides is 2. The standard InChI is InChI=1S/C15H26N6O/c1-20-13(17-18-19-20)5-10-16-14(22)21-11-4-8-15(9-12-21)6-2-3-7-15/h2-12H2,1H3,(H,16,22). The van der Waals surface area contributed by atoms with Crippen molar-refractivity contribution in [3.8, 4) is 0 Å². The van der Waals surface area contributed by atoms with Gasteiger partial charge in [-0.3, -0.25) is 0 Å². The number of hydrogen-bond donors (Lipinski definition) is 1. The van der Waals surface area contributed by atoms with Crippen LogP contribution in [0.3, 0.4) is 0 Å². The summed E-state index contributed by atoms with van der Waals surface area (Å²) in [6.45, 7) is 2.37. The van der Waals surface area contributed by atoms with Gasteiger partial charge in [0.05, 0.1) is 0 Å². The second-order valence-electron chi connectivity index (χ2n) is 6.75. The van der Waals surface area contributed by atoms with Gasteiger partial charge in [0.2, 0.25) is 0 Å². The number of nitrogens with zero attached hydrogens (tertiary/aromatic N) is 5. The molecule has 0 unspecified atom stereocenters. The van der Waals surface area contributed by atoms with Crippen molar-refractivity contribution < 1.29 is 4.79 Å². The summed E-state index contributed by atoms with van der Waals surface area (Å²) in [7, 11) is 1.81. The molecule has 22 heavy (non-hydrogen) atoms. The van der Waals surface area contributed by atoms with Gasteiger partial charge < -0.3 is 10.2 Å². The van der Waals surface area contributed by atoms with E-state index in [9.17, 15) is 4.79 Å². The lowest BCUT2D eigenvalue weighted by Gasteiger charge is -2.27. The highest BCUT2D eigenvalue weighted by Crippen LogP contribution is 2.46. The molecule has 1 aromatic heterocycles. The molecule has 1 N–H and O–H groups in total. The van der Waals surface area contributed by atoms with Crippen LogP contribution in [-0.4, -0.2) is 50.8 Å². The van der Waals surface area contributed by atoms with E-state index >= 15 is 0 Å². The van der Waals surface area contributed by atoms with Crippen molar-refractivity contribution in [2.45, 2.75) is 51.4 Å². The van der Waals surface area contributed by atoms with Crippen molar-refractivity contribution >= 4 is 6.03 Å². The van der Waals surface area contributed by atoms with Crippen molar-refractivity contribution in [3.63, 3.8) is 0 Å². The lowest BCUT2D eigenvalue weighted by atomic mass is 9.79. The van der Waals surface area contributed by atoms with Gasteiger partial charge in [-0.2, -0.15) is 0 Å². The van der Waals surface area contributed by atoms with Gasteiger partial charge in [-0.1, -0.05) is 12.8 Å². The first-order valence-electron chi connectivity index (χ1n) is 8.43. The Kier molecular flexibility index (Phi) is 4.59. The maximum absolute atomic E-state index is 12.3. The first-order chi connectivity index (χ1) is 10.7. The quantitative estimate of drug-likeness (QED) is 0.918.